The quantitative estimate of drug-likeness (QED) is 0.462. The van der Waals surface area contributed by atoms with Crippen LogP contribution in [0.4, 0.5) is 5.69 Å². The minimum Gasteiger partial charge on any atom is -0.493 e. The van der Waals surface area contributed by atoms with Crippen LogP contribution in [0.2, 0.25) is 0 Å². The molecule has 0 aliphatic rings. The second-order valence-electron chi connectivity index (χ2n) is 6.00. The highest BCUT2D eigenvalue weighted by atomic mass is 79.9. The van der Waals surface area contributed by atoms with Gasteiger partial charge in [-0.15, -0.1) is 0 Å². The molecule has 1 unspecified atom stereocenters. The van der Waals surface area contributed by atoms with Crippen molar-refractivity contribution in [2.75, 3.05) is 7.11 Å². The molecule has 26 heavy (non-hydrogen) atoms. The number of nitrogens with one attached hydrogen (secondary N) is 1. The summed E-state index contributed by atoms with van der Waals surface area (Å²) in [5, 5.41) is 14.2. The maximum Gasteiger partial charge on any atom is 0.269 e. The Bertz CT molecular complexity index is 750. The van der Waals surface area contributed by atoms with Gasteiger partial charge in [0.05, 0.1) is 12.0 Å². The van der Waals surface area contributed by atoms with Crippen molar-refractivity contribution in [3.05, 3.63) is 62.1 Å². The second kappa shape index (κ2) is 9.54. The molecule has 0 aliphatic heterocycles. The third kappa shape index (κ3) is 5.44. The maximum absolute atomic E-state index is 10.7. The molecule has 0 saturated heterocycles. The Balaban J connectivity index is 2.08. The summed E-state index contributed by atoms with van der Waals surface area (Å²) in [6, 6.07) is 10.6. The zero-order valence-corrected chi connectivity index (χ0v) is 16.7. The number of ether oxygens (including phenoxy) is 2. The van der Waals surface area contributed by atoms with Crippen molar-refractivity contribution in [1.82, 2.24) is 5.32 Å². The van der Waals surface area contributed by atoms with Crippen molar-refractivity contribution in [3.63, 3.8) is 0 Å². The minimum atomic E-state index is -0.420. The molecule has 0 bridgehead atoms. The Hall–Kier alpha value is -2.12. The second-order valence-corrected chi connectivity index (χ2v) is 6.85. The standard InChI is InChI=1S/C19H23BrN2O4/c1-4-13(2)21-11-15-9-18(25-3)19(10-17(15)20)26-12-14-5-7-16(8-6-14)22(23)24/h5-10,13,21H,4,11-12H2,1-3H3. The van der Waals surface area contributed by atoms with Crippen LogP contribution in [-0.2, 0) is 13.2 Å². The third-order valence-electron chi connectivity index (χ3n) is 4.13. The number of methoxy groups -OCH3 is 1. The van der Waals surface area contributed by atoms with Crippen LogP contribution in [0.25, 0.3) is 0 Å². The maximum atomic E-state index is 10.7. The van der Waals surface area contributed by atoms with Crippen LogP contribution in [0.1, 0.15) is 31.4 Å². The number of hydrogen-bond donors (Lipinski definition) is 1. The van der Waals surface area contributed by atoms with Crippen LogP contribution >= 0.6 is 15.9 Å². The highest BCUT2D eigenvalue weighted by molar-refractivity contribution is 9.10. The molecule has 140 valence electrons. The van der Waals surface area contributed by atoms with Crippen molar-refractivity contribution < 1.29 is 14.4 Å². The van der Waals surface area contributed by atoms with E-state index in [0.717, 1.165) is 28.6 Å². The van der Waals surface area contributed by atoms with Gasteiger partial charge in [-0.1, -0.05) is 22.9 Å². The topological polar surface area (TPSA) is 73.6 Å². The number of hydrogen-bond acceptors (Lipinski definition) is 5. The normalized spacial score (nSPS) is 11.8. The largest absolute Gasteiger partial charge is 0.493 e. The van der Waals surface area contributed by atoms with E-state index >= 15 is 0 Å². The van der Waals surface area contributed by atoms with Crippen molar-refractivity contribution in [3.8, 4) is 11.5 Å². The average Bonchev–Trinajstić information content (AvgIpc) is 2.65. The first-order valence-corrected chi connectivity index (χ1v) is 9.19. The smallest absolute Gasteiger partial charge is 0.269 e. The molecule has 0 radical (unpaired) electrons. The molecule has 7 heteroatoms. The number of nitro benzene ring substituents is 1. The molecule has 0 aromatic heterocycles. The van der Waals surface area contributed by atoms with Crippen molar-refractivity contribution in [2.45, 2.75) is 39.5 Å². The first kappa shape index (κ1) is 20.2. The van der Waals surface area contributed by atoms with E-state index in [-0.39, 0.29) is 5.69 Å². The van der Waals surface area contributed by atoms with Gasteiger partial charge in [0.15, 0.2) is 11.5 Å². The molecule has 6 nitrogen and oxygen atoms in total. The zero-order valence-electron chi connectivity index (χ0n) is 15.1. The molecule has 0 fully saturated rings. The molecule has 1 N–H and O–H groups in total. The fourth-order valence-corrected chi connectivity index (χ4v) is 2.75. The fraction of sp³-hybridized carbons (Fsp3) is 0.368. The molecule has 0 saturated carbocycles. The van der Waals surface area contributed by atoms with E-state index in [4.69, 9.17) is 9.47 Å². The molecule has 2 aromatic carbocycles. The van der Waals surface area contributed by atoms with Gasteiger partial charge in [0, 0.05) is 29.2 Å². The molecular weight excluding hydrogens is 400 g/mol. The van der Waals surface area contributed by atoms with Crippen LogP contribution in [-0.4, -0.2) is 18.1 Å². The van der Waals surface area contributed by atoms with Gasteiger partial charge in [-0.05, 0) is 48.7 Å². The highest BCUT2D eigenvalue weighted by Crippen LogP contribution is 2.34. The van der Waals surface area contributed by atoms with Crippen LogP contribution < -0.4 is 14.8 Å². The molecule has 0 aliphatic carbocycles. The summed E-state index contributed by atoms with van der Waals surface area (Å²) in [7, 11) is 1.61. The van der Waals surface area contributed by atoms with Crippen LogP contribution in [0, 0.1) is 10.1 Å². The summed E-state index contributed by atoms with van der Waals surface area (Å²) in [4.78, 5) is 10.3. The predicted octanol–water partition coefficient (Wildman–Crippen LogP) is 4.83. The summed E-state index contributed by atoms with van der Waals surface area (Å²) in [5.74, 6) is 1.26. The van der Waals surface area contributed by atoms with Gasteiger partial charge in [-0.3, -0.25) is 10.1 Å². The Morgan fingerprint density at radius 1 is 1.23 bits per heavy atom. The van der Waals surface area contributed by atoms with Gasteiger partial charge in [0.1, 0.15) is 6.61 Å². The van der Waals surface area contributed by atoms with E-state index in [0.29, 0.717) is 24.1 Å². The lowest BCUT2D eigenvalue weighted by Crippen LogP contribution is -2.24. The third-order valence-corrected chi connectivity index (χ3v) is 4.87. The fourth-order valence-electron chi connectivity index (χ4n) is 2.29. The lowest BCUT2D eigenvalue weighted by molar-refractivity contribution is -0.384. The molecule has 0 amide bonds. The van der Waals surface area contributed by atoms with Gasteiger partial charge in [0.2, 0.25) is 0 Å². The van der Waals surface area contributed by atoms with E-state index in [1.54, 1.807) is 19.2 Å². The molecular formula is C19H23BrN2O4. The van der Waals surface area contributed by atoms with Crippen molar-refractivity contribution >= 4 is 21.6 Å². The summed E-state index contributed by atoms with van der Waals surface area (Å²) in [6.45, 7) is 5.31. The average molecular weight is 423 g/mol. The van der Waals surface area contributed by atoms with E-state index in [9.17, 15) is 10.1 Å². The minimum absolute atomic E-state index is 0.0623. The Morgan fingerprint density at radius 2 is 1.92 bits per heavy atom. The number of nitrogens with zero attached hydrogens (tertiary/aromatic N) is 1. The predicted molar refractivity (Wildman–Crippen MR) is 105 cm³/mol. The van der Waals surface area contributed by atoms with Gasteiger partial charge in [-0.25, -0.2) is 0 Å². The van der Waals surface area contributed by atoms with Crippen LogP contribution in [0.5, 0.6) is 11.5 Å². The van der Waals surface area contributed by atoms with Gasteiger partial charge < -0.3 is 14.8 Å². The van der Waals surface area contributed by atoms with Crippen LogP contribution in [0.15, 0.2) is 40.9 Å². The molecule has 2 rings (SSSR count). The summed E-state index contributed by atoms with van der Waals surface area (Å²) >= 11 is 3.58. The van der Waals surface area contributed by atoms with Crippen molar-refractivity contribution in [2.24, 2.45) is 0 Å². The van der Waals surface area contributed by atoms with E-state index < -0.39 is 4.92 Å². The zero-order chi connectivity index (χ0) is 19.1. The lowest BCUT2D eigenvalue weighted by atomic mass is 10.1. The van der Waals surface area contributed by atoms with Crippen LogP contribution in [0.3, 0.4) is 0 Å². The first-order valence-electron chi connectivity index (χ1n) is 8.40. The summed E-state index contributed by atoms with van der Waals surface area (Å²) in [5.41, 5.74) is 1.99. The van der Waals surface area contributed by atoms with Crippen molar-refractivity contribution in [1.29, 1.82) is 0 Å². The van der Waals surface area contributed by atoms with Gasteiger partial charge in [-0.2, -0.15) is 0 Å². The number of nitro groups is 1. The number of halogens is 1. The number of rotatable bonds is 9. The van der Waals surface area contributed by atoms with E-state index in [1.807, 2.05) is 12.1 Å². The SMILES string of the molecule is CCC(C)NCc1cc(OC)c(OCc2ccc([N+](=O)[O-])cc2)cc1Br. The molecule has 0 heterocycles. The first-order chi connectivity index (χ1) is 12.4. The van der Waals surface area contributed by atoms with Gasteiger partial charge >= 0.3 is 0 Å². The molecule has 1 atom stereocenters. The highest BCUT2D eigenvalue weighted by Gasteiger charge is 2.12. The Morgan fingerprint density at radius 3 is 2.50 bits per heavy atom. The van der Waals surface area contributed by atoms with Gasteiger partial charge in [0.25, 0.3) is 5.69 Å². The molecule has 2 aromatic rings. The Labute approximate surface area is 161 Å². The number of non-ortho nitro benzene ring substituents is 1. The van der Waals surface area contributed by atoms with E-state index in [2.05, 4.69) is 35.1 Å². The monoisotopic (exact) mass is 422 g/mol. The summed E-state index contributed by atoms with van der Waals surface area (Å²) < 4.78 is 12.2. The Kier molecular flexibility index (Phi) is 7.41. The molecule has 0 spiro atoms. The summed E-state index contributed by atoms with van der Waals surface area (Å²) in [6.07, 6.45) is 1.06. The lowest BCUT2D eigenvalue weighted by Gasteiger charge is -2.16. The number of benzene rings is 2. The van der Waals surface area contributed by atoms with E-state index in [1.165, 1.54) is 12.1 Å².